The maximum absolute atomic E-state index is 12.6. The Morgan fingerprint density at radius 3 is 2.35 bits per heavy atom. The number of amides is 2. The quantitative estimate of drug-likeness (QED) is 0.555. The van der Waals surface area contributed by atoms with Crippen LogP contribution in [-0.2, 0) is 11.3 Å². The molecule has 0 bridgehead atoms. The fraction of sp³-hybridized carbons (Fsp3) is 0.200. The number of halogens is 2. The zero-order chi connectivity index (χ0) is 18.8. The summed E-state index contributed by atoms with van der Waals surface area (Å²) >= 11 is 12.9. The van der Waals surface area contributed by atoms with Crippen LogP contribution in [0, 0.1) is 0 Å². The van der Waals surface area contributed by atoms with Crippen molar-refractivity contribution in [3.05, 3.63) is 74.1 Å². The van der Waals surface area contributed by atoms with Crippen molar-refractivity contribution >= 4 is 52.2 Å². The van der Waals surface area contributed by atoms with Gasteiger partial charge in [-0.05, 0) is 52.6 Å². The Kier molecular flexibility index (Phi) is 5.76. The first-order valence-electron chi connectivity index (χ1n) is 8.14. The van der Waals surface area contributed by atoms with E-state index in [1.165, 1.54) is 10.5 Å². The second-order valence-corrected chi connectivity index (χ2v) is 8.15. The summed E-state index contributed by atoms with van der Waals surface area (Å²) in [6.45, 7) is 4.43. The predicted octanol–water partition coefficient (Wildman–Crippen LogP) is 6.35. The van der Waals surface area contributed by atoms with Crippen LogP contribution in [0.15, 0.2) is 47.4 Å². The van der Waals surface area contributed by atoms with Crippen LogP contribution in [0.25, 0.3) is 6.08 Å². The van der Waals surface area contributed by atoms with Gasteiger partial charge in [-0.25, -0.2) is 0 Å². The molecule has 2 amide bonds. The van der Waals surface area contributed by atoms with E-state index >= 15 is 0 Å². The van der Waals surface area contributed by atoms with E-state index in [2.05, 4.69) is 13.8 Å². The summed E-state index contributed by atoms with van der Waals surface area (Å²) in [5.41, 5.74) is 2.88. The Hall–Kier alpha value is -1.75. The van der Waals surface area contributed by atoms with Crippen LogP contribution < -0.4 is 0 Å². The number of benzene rings is 2. The van der Waals surface area contributed by atoms with Gasteiger partial charge in [0.05, 0.1) is 21.5 Å². The predicted molar refractivity (Wildman–Crippen MR) is 109 cm³/mol. The maximum atomic E-state index is 12.6. The summed E-state index contributed by atoms with van der Waals surface area (Å²) in [5, 5.41) is 0.553. The Labute approximate surface area is 167 Å². The minimum Gasteiger partial charge on any atom is -0.268 e. The highest BCUT2D eigenvalue weighted by Crippen LogP contribution is 2.34. The highest BCUT2D eigenvalue weighted by atomic mass is 35.5. The molecule has 0 aliphatic carbocycles. The van der Waals surface area contributed by atoms with Gasteiger partial charge in [-0.3, -0.25) is 14.5 Å². The standard InChI is InChI=1S/C20H17Cl2NO2S/c1-12(2)15-6-3-13(4-7-15)10-18-19(24)23(20(25)26-18)11-14-5-8-16(21)17(22)9-14/h3-10,12H,11H2,1-2H3/b18-10+. The first-order valence-corrected chi connectivity index (χ1v) is 9.71. The zero-order valence-electron chi connectivity index (χ0n) is 14.3. The fourth-order valence-corrected chi connectivity index (χ4v) is 3.74. The van der Waals surface area contributed by atoms with Gasteiger partial charge >= 0.3 is 0 Å². The van der Waals surface area contributed by atoms with Gasteiger partial charge in [0.1, 0.15) is 0 Å². The molecule has 1 fully saturated rings. The minimum absolute atomic E-state index is 0.172. The molecule has 6 heteroatoms. The molecular weight excluding hydrogens is 389 g/mol. The SMILES string of the molecule is CC(C)c1ccc(/C=C2/SC(=O)N(Cc3ccc(Cl)c(Cl)c3)C2=O)cc1. The Morgan fingerprint density at radius 1 is 1.04 bits per heavy atom. The van der Waals surface area contributed by atoms with Crippen LogP contribution in [-0.4, -0.2) is 16.0 Å². The van der Waals surface area contributed by atoms with Gasteiger partial charge in [-0.1, -0.05) is 67.4 Å². The Morgan fingerprint density at radius 2 is 1.73 bits per heavy atom. The summed E-state index contributed by atoms with van der Waals surface area (Å²) < 4.78 is 0. The third kappa shape index (κ3) is 4.14. The lowest BCUT2D eigenvalue weighted by atomic mass is 10.0. The number of rotatable bonds is 4. The van der Waals surface area contributed by atoms with Crippen molar-refractivity contribution in [2.75, 3.05) is 0 Å². The van der Waals surface area contributed by atoms with Gasteiger partial charge in [-0.2, -0.15) is 0 Å². The van der Waals surface area contributed by atoms with Crippen LogP contribution in [0.5, 0.6) is 0 Å². The topological polar surface area (TPSA) is 37.4 Å². The summed E-state index contributed by atoms with van der Waals surface area (Å²) in [4.78, 5) is 26.5. The number of nitrogens with zero attached hydrogens (tertiary/aromatic N) is 1. The van der Waals surface area contributed by atoms with E-state index < -0.39 is 0 Å². The molecule has 1 aliphatic heterocycles. The van der Waals surface area contributed by atoms with Gasteiger partial charge < -0.3 is 0 Å². The molecule has 0 radical (unpaired) electrons. The molecule has 134 valence electrons. The summed E-state index contributed by atoms with van der Waals surface area (Å²) in [7, 11) is 0. The summed E-state index contributed by atoms with van der Waals surface area (Å²) in [5.74, 6) is 0.154. The third-order valence-electron chi connectivity index (χ3n) is 4.10. The number of carbonyl (C=O) groups is 2. The molecule has 0 aromatic heterocycles. The molecule has 1 heterocycles. The molecule has 1 saturated heterocycles. The highest BCUT2D eigenvalue weighted by molar-refractivity contribution is 8.18. The molecule has 2 aromatic carbocycles. The third-order valence-corrected chi connectivity index (χ3v) is 5.75. The van der Waals surface area contributed by atoms with Crippen molar-refractivity contribution in [1.82, 2.24) is 4.90 Å². The summed E-state index contributed by atoms with van der Waals surface area (Å²) in [6, 6.07) is 13.1. The molecule has 0 unspecified atom stereocenters. The van der Waals surface area contributed by atoms with Crippen molar-refractivity contribution in [2.24, 2.45) is 0 Å². The lowest BCUT2D eigenvalue weighted by Crippen LogP contribution is -2.27. The second kappa shape index (κ2) is 7.87. The number of imide groups is 1. The highest BCUT2D eigenvalue weighted by Gasteiger charge is 2.35. The van der Waals surface area contributed by atoms with E-state index in [1.54, 1.807) is 24.3 Å². The summed E-state index contributed by atoms with van der Waals surface area (Å²) in [6.07, 6.45) is 1.75. The van der Waals surface area contributed by atoms with Crippen LogP contribution in [0.3, 0.4) is 0 Å². The lowest BCUT2D eigenvalue weighted by Gasteiger charge is -2.13. The van der Waals surface area contributed by atoms with E-state index in [1.807, 2.05) is 24.3 Å². The average Bonchev–Trinajstić information content (AvgIpc) is 2.86. The minimum atomic E-state index is -0.293. The molecule has 0 spiro atoms. The van der Waals surface area contributed by atoms with Crippen molar-refractivity contribution in [3.63, 3.8) is 0 Å². The van der Waals surface area contributed by atoms with Crippen LogP contribution in [0.1, 0.15) is 36.5 Å². The number of thioether (sulfide) groups is 1. The molecule has 0 N–H and O–H groups in total. The van der Waals surface area contributed by atoms with E-state index in [9.17, 15) is 9.59 Å². The van der Waals surface area contributed by atoms with E-state index in [4.69, 9.17) is 23.2 Å². The number of hydrogen-bond donors (Lipinski definition) is 0. The van der Waals surface area contributed by atoms with Gasteiger partial charge in [0, 0.05) is 0 Å². The van der Waals surface area contributed by atoms with Gasteiger partial charge in [0.2, 0.25) is 0 Å². The first kappa shape index (κ1) is 19.0. The molecule has 2 aromatic rings. The number of hydrogen-bond acceptors (Lipinski definition) is 3. The fourth-order valence-electron chi connectivity index (χ4n) is 2.59. The molecule has 1 aliphatic rings. The molecule has 3 rings (SSSR count). The van der Waals surface area contributed by atoms with Gasteiger partial charge in [-0.15, -0.1) is 0 Å². The molecule has 26 heavy (non-hydrogen) atoms. The van der Waals surface area contributed by atoms with Crippen molar-refractivity contribution in [3.8, 4) is 0 Å². The van der Waals surface area contributed by atoms with Gasteiger partial charge in [0.15, 0.2) is 0 Å². The number of carbonyl (C=O) groups excluding carboxylic acids is 2. The Bertz CT molecular complexity index is 891. The second-order valence-electron chi connectivity index (χ2n) is 6.34. The smallest absolute Gasteiger partial charge is 0.268 e. The molecule has 0 saturated carbocycles. The van der Waals surface area contributed by atoms with Crippen molar-refractivity contribution < 1.29 is 9.59 Å². The van der Waals surface area contributed by atoms with Crippen molar-refractivity contribution in [2.45, 2.75) is 26.3 Å². The van der Waals surface area contributed by atoms with Gasteiger partial charge in [0.25, 0.3) is 11.1 Å². The molecule has 0 atom stereocenters. The molecule has 3 nitrogen and oxygen atoms in total. The largest absolute Gasteiger partial charge is 0.293 e. The zero-order valence-corrected chi connectivity index (χ0v) is 16.7. The van der Waals surface area contributed by atoms with E-state index in [-0.39, 0.29) is 17.7 Å². The Balaban J connectivity index is 1.78. The normalized spacial score (nSPS) is 16.2. The van der Waals surface area contributed by atoms with Crippen LogP contribution in [0.4, 0.5) is 4.79 Å². The van der Waals surface area contributed by atoms with Crippen molar-refractivity contribution in [1.29, 1.82) is 0 Å². The first-order chi connectivity index (χ1) is 12.3. The van der Waals surface area contributed by atoms with Crippen LogP contribution in [0.2, 0.25) is 10.0 Å². The maximum Gasteiger partial charge on any atom is 0.293 e. The van der Waals surface area contributed by atoms with Crippen LogP contribution >= 0.6 is 35.0 Å². The molecular formula is C20H17Cl2NO2S. The lowest BCUT2D eigenvalue weighted by molar-refractivity contribution is -0.123. The average molecular weight is 406 g/mol. The monoisotopic (exact) mass is 405 g/mol. The van der Waals surface area contributed by atoms with E-state index in [0.717, 1.165) is 22.9 Å². The van der Waals surface area contributed by atoms with E-state index in [0.29, 0.717) is 20.9 Å².